The average Bonchev–Trinajstić information content (AvgIpc) is 3.44. The monoisotopic (exact) mass is 486 g/mol. The first-order valence-electron chi connectivity index (χ1n) is 12.2. The molecule has 2 aromatic heterocycles. The van der Waals surface area contributed by atoms with Gasteiger partial charge in [-0.25, -0.2) is 4.68 Å². The lowest BCUT2D eigenvalue weighted by molar-refractivity contribution is -0.121. The van der Waals surface area contributed by atoms with Crippen molar-refractivity contribution in [1.82, 2.24) is 24.4 Å². The zero-order chi connectivity index (χ0) is 25.2. The highest BCUT2D eigenvalue weighted by atomic mass is 16.5. The summed E-state index contributed by atoms with van der Waals surface area (Å²) in [6.45, 7) is 5.91. The molecule has 0 saturated carbocycles. The van der Waals surface area contributed by atoms with Crippen LogP contribution in [0.2, 0.25) is 0 Å². The lowest BCUT2D eigenvalue weighted by Gasteiger charge is -2.30. The van der Waals surface area contributed by atoms with E-state index in [2.05, 4.69) is 20.4 Å². The van der Waals surface area contributed by atoms with Gasteiger partial charge < -0.3 is 9.84 Å². The summed E-state index contributed by atoms with van der Waals surface area (Å²) in [6.07, 6.45) is 1.40. The number of aryl methyl sites for hydroxylation is 1. The number of likely N-dealkylation sites (tertiary alicyclic amines) is 1. The van der Waals surface area contributed by atoms with Gasteiger partial charge >= 0.3 is 0 Å². The lowest BCUT2D eigenvalue weighted by Crippen LogP contribution is -2.38. The number of nitrogens with one attached hydrogen (secondary N) is 1. The minimum atomic E-state index is -0.229. The van der Waals surface area contributed by atoms with Gasteiger partial charge in [-0.2, -0.15) is 4.98 Å². The van der Waals surface area contributed by atoms with E-state index in [9.17, 15) is 9.59 Å². The highest BCUT2D eigenvalue weighted by Gasteiger charge is 2.28. The van der Waals surface area contributed by atoms with Gasteiger partial charge in [-0.3, -0.25) is 19.2 Å². The molecule has 0 aliphatic carbocycles. The minimum Gasteiger partial charge on any atom is -0.338 e. The van der Waals surface area contributed by atoms with Crippen LogP contribution in [0.5, 0.6) is 0 Å². The molecule has 1 aliphatic heterocycles. The third kappa shape index (κ3) is 4.74. The van der Waals surface area contributed by atoms with Gasteiger partial charge in [-0.05, 0) is 51.9 Å². The van der Waals surface area contributed by atoms with E-state index in [0.29, 0.717) is 36.8 Å². The summed E-state index contributed by atoms with van der Waals surface area (Å²) >= 11 is 0. The second-order valence-electron chi connectivity index (χ2n) is 9.35. The number of hydrogen-bond acceptors (Lipinski definition) is 6. The van der Waals surface area contributed by atoms with Crippen molar-refractivity contribution in [3.05, 3.63) is 82.1 Å². The van der Waals surface area contributed by atoms with Crippen molar-refractivity contribution in [2.75, 3.05) is 18.4 Å². The molecular formula is C27H30N6O3. The summed E-state index contributed by atoms with van der Waals surface area (Å²) in [5.74, 6) is 0.879. The predicted octanol–water partition coefficient (Wildman–Crippen LogP) is 3.69. The third-order valence-corrected chi connectivity index (χ3v) is 6.90. The van der Waals surface area contributed by atoms with Crippen LogP contribution in [0.15, 0.2) is 63.9 Å². The maximum atomic E-state index is 13.1. The van der Waals surface area contributed by atoms with Crippen LogP contribution in [0.25, 0.3) is 17.1 Å². The van der Waals surface area contributed by atoms with E-state index in [0.717, 1.165) is 30.0 Å². The van der Waals surface area contributed by atoms with Crippen LogP contribution in [-0.4, -0.2) is 43.4 Å². The molecule has 3 heterocycles. The molecule has 1 saturated heterocycles. The Morgan fingerprint density at radius 3 is 2.44 bits per heavy atom. The van der Waals surface area contributed by atoms with Crippen molar-refractivity contribution in [2.45, 2.75) is 33.2 Å². The van der Waals surface area contributed by atoms with Crippen molar-refractivity contribution >= 4 is 11.6 Å². The summed E-state index contributed by atoms with van der Waals surface area (Å²) in [5.41, 5.74) is 3.69. The van der Waals surface area contributed by atoms with Crippen LogP contribution in [0.1, 0.15) is 30.0 Å². The second kappa shape index (κ2) is 9.94. The first-order chi connectivity index (χ1) is 17.4. The Morgan fingerprint density at radius 2 is 1.75 bits per heavy atom. The number of para-hydroxylation sites is 1. The topological polar surface area (TPSA) is 98.2 Å². The standard InChI is InChI=1S/C27H30N6O3/c1-18-9-11-20(12-10-18)25-28-23(36-30-25)17-32-15-13-21(14-16-32)26(34)29-24-19(2)31(3)33(27(24)35)22-7-5-4-6-8-22/h4-12,21H,13-17H2,1-3H3,(H,29,34). The van der Waals surface area contributed by atoms with Crippen molar-refractivity contribution in [3.63, 3.8) is 0 Å². The van der Waals surface area contributed by atoms with Crippen molar-refractivity contribution < 1.29 is 9.32 Å². The fourth-order valence-corrected chi connectivity index (χ4v) is 4.62. The molecule has 5 rings (SSSR count). The van der Waals surface area contributed by atoms with Crippen LogP contribution in [0.4, 0.5) is 5.69 Å². The average molecular weight is 487 g/mol. The quantitative estimate of drug-likeness (QED) is 0.446. The molecular weight excluding hydrogens is 456 g/mol. The number of benzene rings is 2. The number of amides is 1. The summed E-state index contributed by atoms with van der Waals surface area (Å²) < 4.78 is 8.80. The highest BCUT2D eigenvalue weighted by molar-refractivity contribution is 5.93. The van der Waals surface area contributed by atoms with Crippen molar-refractivity contribution in [1.29, 1.82) is 0 Å². The fraction of sp³-hybridized carbons (Fsp3) is 0.333. The number of hydrogen-bond donors (Lipinski definition) is 1. The van der Waals surface area contributed by atoms with E-state index < -0.39 is 0 Å². The number of carbonyl (C=O) groups excluding carboxylic acids is 1. The molecule has 9 nitrogen and oxygen atoms in total. The van der Waals surface area contributed by atoms with Gasteiger partial charge in [-0.1, -0.05) is 53.2 Å². The van der Waals surface area contributed by atoms with Gasteiger partial charge in [0.2, 0.25) is 17.6 Å². The van der Waals surface area contributed by atoms with Crippen LogP contribution in [0.3, 0.4) is 0 Å². The van der Waals surface area contributed by atoms with Gasteiger partial charge in [0.25, 0.3) is 5.56 Å². The molecule has 1 fully saturated rings. The Balaban J connectivity index is 1.19. The van der Waals surface area contributed by atoms with Crippen LogP contribution in [-0.2, 0) is 18.4 Å². The van der Waals surface area contributed by atoms with Gasteiger partial charge in [-0.15, -0.1) is 0 Å². The van der Waals surface area contributed by atoms with Crippen molar-refractivity contribution in [2.24, 2.45) is 13.0 Å². The molecule has 0 radical (unpaired) electrons. The minimum absolute atomic E-state index is 0.111. The smallest absolute Gasteiger partial charge is 0.295 e. The van der Waals surface area contributed by atoms with E-state index in [1.54, 1.807) is 9.36 Å². The van der Waals surface area contributed by atoms with E-state index in [1.807, 2.05) is 75.5 Å². The molecule has 4 aromatic rings. The number of anilines is 1. The Morgan fingerprint density at radius 1 is 1.06 bits per heavy atom. The molecule has 1 amide bonds. The van der Waals surface area contributed by atoms with Gasteiger partial charge in [0, 0.05) is 18.5 Å². The normalized spacial score (nSPS) is 14.8. The summed E-state index contributed by atoms with van der Waals surface area (Å²) in [7, 11) is 1.82. The molecule has 1 N–H and O–H groups in total. The molecule has 0 unspecified atom stereocenters. The molecule has 0 atom stereocenters. The first kappa shape index (κ1) is 23.7. The number of carbonyl (C=O) groups is 1. The van der Waals surface area contributed by atoms with Crippen LogP contribution < -0.4 is 10.9 Å². The number of nitrogens with zero attached hydrogens (tertiary/aromatic N) is 5. The number of rotatable bonds is 6. The summed E-state index contributed by atoms with van der Waals surface area (Å²) in [5, 5.41) is 7.03. The largest absolute Gasteiger partial charge is 0.338 e. The van der Waals surface area contributed by atoms with E-state index in [4.69, 9.17) is 4.52 Å². The van der Waals surface area contributed by atoms with Gasteiger partial charge in [0.05, 0.1) is 17.9 Å². The SMILES string of the molecule is Cc1ccc(-c2noc(CN3CCC(C(=O)Nc4c(C)n(C)n(-c5ccccc5)c4=O)CC3)n2)cc1. The molecule has 0 bridgehead atoms. The van der Waals surface area contributed by atoms with Crippen LogP contribution in [0, 0.1) is 19.8 Å². The summed E-state index contributed by atoms with van der Waals surface area (Å²) in [4.78, 5) is 32.9. The number of piperidine rings is 1. The van der Waals surface area contributed by atoms with E-state index in [-0.39, 0.29) is 17.4 Å². The molecule has 9 heteroatoms. The molecule has 0 spiro atoms. The first-order valence-corrected chi connectivity index (χ1v) is 12.2. The van der Waals surface area contributed by atoms with Gasteiger partial charge in [0.15, 0.2) is 0 Å². The number of aromatic nitrogens is 4. The van der Waals surface area contributed by atoms with Gasteiger partial charge in [0.1, 0.15) is 5.69 Å². The fourth-order valence-electron chi connectivity index (χ4n) is 4.62. The van der Waals surface area contributed by atoms with E-state index >= 15 is 0 Å². The maximum Gasteiger partial charge on any atom is 0.295 e. The Kier molecular flexibility index (Phi) is 6.56. The maximum absolute atomic E-state index is 13.1. The molecule has 36 heavy (non-hydrogen) atoms. The molecule has 186 valence electrons. The highest BCUT2D eigenvalue weighted by Crippen LogP contribution is 2.23. The zero-order valence-corrected chi connectivity index (χ0v) is 20.8. The third-order valence-electron chi connectivity index (χ3n) is 6.90. The Labute approximate surface area is 209 Å². The van der Waals surface area contributed by atoms with Crippen LogP contribution >= 0.6 is 0 Å². The Bertz CT molecular complexity index is 1410. The van der Waals surface area contributed by atoms with Crippen molar-refractivity contribution in [3.8, 4) is 17.1 Å². The van der Waals surface area contributed by atoms with E-state index in [1.165, 1.54) is 5.56 Å². The molecule has 2 aromatic carbocycles. The Hall–Kier alpha value is -3.98. The lowest BCUT2D eigenvalue weighted by atomic mass is 9.96. The zero-order valence-electron chi connectivity index (χ0n) is 20.8. The predicted molar refractivity (Wildman–Crippen MR) is 137 cm³/mol. The summed E-state index contributed by atoms with van der Waals surface area (Å²) in [6, 6.07) is 17.4. The molecule has 1 aliphatic rings. The second-order valence-corrected chi connectivity index (χ2v) is 9.35.